The number of rotatable bonds is 2. The zero-order chi connectivity index (χ0) is 12.6. The van der Waals surface area contributed by atoms with Gasteiger partial charge in [-0.05, 0) is 26.8 Å². The van der Waals surface area contributed by atoms with E-state index in [0.717, 1.165) is 16.7 Å². The van der Waals surface area contributed by atoms with Gasteiger partial charge >= 0.3 is 5.97 Å². The molecule has 90 valence electrons. The second-order valence-corrected chi connectivity index (χ2v) is 4.22. The molecule has 5 heteroatoms. The van der Waals surface area contributed by atoms with E-state index in [1.165, 1.54) is 7.11 Å². The molecule has 2 heterocycles. The van der Waals surface area contributed by atoms with Crippen LogP contribution in [0.25, 0.3) is 11.0 Å². The molecule has 2 aromatic heterocycles. The molecule has 0 spiro atoms. The molecular weight excluding hydrogens is 218 g/mol. The second kappa shape index (κ2) is 4.16. The van der Waals surface area contributed by atoms with Crippen molar-refractivity contribution in [3.05, 3.63) is 23.5 Å². The van der Waals surface area contributed by atoms with Crippen molar-refractivity contribution in [3.63, 3.8) is 0 Å². The predicted molar refractivity (Wildman–Crippen MR) is 64.0 cm³/mol. The summed E-state index contributed by atoms with van der Waals surface area (Å²) in [7, 11) is 1.37. The van der Waals surface area contributed by atoms with Crippen molar-refractivity contribution in [2.45, 2.75) is 26.8 Å². The number of ether oxygens (including phenoxy) is 1. The van der Waals surface area contributed by atoms with Gasteiger partial charge in [0.05, 0.1) is 24.3 Å². The predicted octanol–water partition coefficient (Wildman–Crippen LogP) is 2.11. The van der Waals surface area contributed by atoms with E-state index in [4.69, 9.17) is 4.74 Å². The van der Waals surface area contributed by atoms with Gasteiger partial charge in [0.15, 0.2) is 5.65 Å². The minimum atomic E-state index is -0.358. The van der Waals surface area contributed by atoms with E-state index in [-0.39, 0.29) is 12.0 Å². The highest BCUT2D eigenvalue weighted by molar-refractivity contribution is 6.02. The summed E-state index contributed by atoms with van der Waals surface area (Å²) in [5.74, 6) is -0.358. The third-order valence-corrected chi connectivity index (χ3v) is 2.59. The Morgan fingerprint density at radius 1 is 1.47 bits per heavy atom. The molecule has 0 fully saturated rings. The molecule has 5 nitrogen and oxygen atoms in total. The number of carbonyl (C=O) groups excluding carboxylic acids is 1. The van der Waals surface area contributed by atoms with Gasteiger partial charge in [0, 0.05) is 11.7 Å². The van der Waals surface area contributed by atoms with Crippen LogP contribution in [-0.4, -0.2) is 27.8 Å². The first-order valence-corrected chi connectivity index (χ1v) is 5.47. The summed E-state index contributed by atoms with van der Waals surface area (Å²) >= 11 is 0. The van der Waals surface area contributed by atoms with Crippen LogP contribution in [0.3, 0.4) is 0 Å². The first-order valence-electron chi connectivity index (χ1n) is 5.47. The maximum Gasteiger partial charge on any atom is 0.338 e. The zero-order valence-corrected chi connectivity index (χ0v) is 10.4. The number of carbonyl (C=O) groups is 1. The average Bonchev–Trinajstić information content (AvgIpc) is 2.70. The summed E-state index contributed by atoms with van der Waals surface area (Å²) in [5.41, 5.74) is 2.02. The van der Waals surface area contributed by atoms with Gasteiger partial charge in [0.2, 0.25) is 0 Å². The molecule has 0 unspecified atom stereocenters. The van der Waals surface area contributed by atoms with Crippen LogP contribution in [0, 0.1) is 6.92 Å². The van der Waals surface area contributed by atoms with Gasteiger partial charge in [-0.25, -0.2) is 14.5 Å². The fraction of sp³-hybridized carbons (Fsp3) is 0.417. The Morgan fingerprint density at radius 3 is 2.76 bits per heavy atom. The van der Waals surface area contributed by atoms with Crippen LogP contribution in [0.5, 0.6) is 0 Å². The highest BCUT2D eigenvalue weighted by atomic mass is 16.5. The molecule has 0 aliphatic heterocycles. The molecule has 0 atom stereocenters. The lowest BCUT2D eigenvalue weighted by Crippen LogP contribution is -2.06. The summed E-state index contributed by atoms with van der Waals surface area (Å²) in [6.07, 6.45) is 1.66. The molecule has 0 bridgehead atoms. The first kappa shape index (κ1) is 11.6. The summed E-state index contributed by atoms with van der Waals surface area (Å²) in [6, 6.07) is 1.92. The van der Waals surface area contributed by atoms with Crippen molar-refractivity contribution in [1.29, 1.82) is 0 Å². The molecule has 2 aromatic rings. The van der Waals surface area contributed by atoms with Crippen LogP contribution in [-0.2, 0) is 4.74 Å². The quantitative estimate of drug-likeness (QED) is 0.745. The van der Waals surface area contributed by atoms with Crippen LogP contribution in [0.2, 0.25) is 0 Å². The van der Waals surface area contributed by atoms with Crippen LogP contribution in [0.1, 0.15) is 35.9 Å². The molecule has 0 aromatic carbocycles. The van der Waals surface area contributed by atoms with Crippen LogP contribution < -0.4 is 0 Å². The highest BCUT2D eigenvalue weighted by Gasteiger charge is 2.16. The third kappa shape index (κ3) is 1.88. The lowest BCUT2D eigenvalue weighted by atomic mass is 10.1. The molecular formula is C12H15N3O2. The number of aromatic nitrogens is 3. The zero-order valence-electron chi connectivity index (χ0n) is 10.4. The largest absolute Gasteiger partial charge is 0.465 e. The van der Waals surface area contributed by atoms with Crippen LogP contribution in [0.15, 0.2) is 12.3 Å². The highest BCUT2D eigenvalue weighted by Crippen LogP contribution is 2.21. The van der Waals surface area contributed by atoms with Crippen LogP contribution in [0.4, 0.5) is 0 Å². The Kier molecular flexibility index (Phi) is 2.83. The standard InChI is InChI=1S/C12H15N3O2/c1-7(2)15-11-10(6-13-15)9(12(16)17-4)5-8(3)14-11/h5-7H,1-4H3. The normalized spacial score (nSPS) is 11.1. The number of aryl methyl sites for hydroxylation is 1. The van der Waals surface area contributed by atoms with Crippen molar-refractivity contribution >= 4 is 17.0 Å². The van der Waals surface area contributed by atoms with E-state index in [2.05, 4.69) is 10.1 Å². The fourth-order valence-corrected chi connectivity index (χ4v) is 1.80. The molecule has 0 saturated carbocycles. The van der Waals surface area contributed by atoms with Crippen molar-refractivity contribution in [2.75, 3.05) is 7.11 Å². The van der Waals surface area contributed by atoms with E-state index in [0.29, 0.717) is 5.56 Å². The van der Waals surface area contributed by atoms with Gasteiger partial charge in [-0.3, -0.25) is 0 Å². The smallest absolute Gasteiger partial charge is 0.338 e. The van der Waals surface area contributed by atoms with Gasteiger partial charge in [-0.1, -0.05) is 0 Å². The van der Waals surface area contributed by atoms with Gasteiger partial charge in [0.25, 0.3) is 0 Å². The van der Waals surface area contributed by atoms with E-state index in [1.54, 1.807) is 16.9 Å². The number of methoxy groups -OCH3 is 1. The Balaban J connectivity index is 2.74. The summed E-state index contributed by atoms with van der Waals surface area (Å²) < 4.78 is 6.57. The lowest BCUT2D eigenvalue weighted by Gasteiger charge is -2.07. The Morgan fingerprint density at radius 2 is 2.18 bits per heavy atom. The molecule has 0 saturated heterocycles. The summed E-state index contributed by atoms with van der Waals surface area (Å²) in [4.78, 5) is 16.1. The number of esters is 1. The lowest BCUT2D eigenvalue weighted by molar-refractivity contribution is 0.0603. The minimum absolute atomic E-state index is 0.201. The Labute approximate surface area is 99.4 Å². The minimum Gasteiger partial charge on any atom is -0.465 e. The third-order valence-electron chi connectivity index (χ3n) is 2.59. The van der Waals surface area contributed by atoms with E-state index in [1.807, 2.05) is 20.8 Å². The van der Waals surface area contributed by atoms with Crippen molar-refractivity contribution in [3.8, 4) is 0 Å². The summed E-state index contributed by atoms with van der Waals surface area (Å²) in [5, 5.41) is 4.99. The fourth-order valence-electron chi connectivity index (χ4n) is 1.80. The Bertz CT molecular complexity index is 572. The second-order valence-electron chi connectivity index (χ2n) is 4.22. The average molecular weight is 233 g/mol. The maximum atomic E-state index is 11.7. The summed E-state index contributed by atoms with van der Waals surface area (Å²) in [6.45, 7) is 5.89. The number of hydrogen-bond donors (Lipinski definition) is 0. The SMILES string of the molecule is COC(=O)c1cc(C)nc2c1cnn2C(C)C. The van der Waals surface area contributed by atoms with E-state index in [9.17, 15) is 4.79 Å². The van der Waals surface area contributed by atoms with Gasteiger partial charge < -0.3 is 4.74 Å². The monoisotopic (exact) mass is 233 g/mol. The molecule has 0 aliphatic rings. The number of fused-ring (bicyclic) bond motifs is 1. The topological polar surface area (TPSA) is 57.0 Å². The van der Waals surface area contributed by atoms with Crippen molar-refractivity contribution in [2.24, 2.45) is 0 Å². The molecule has 0 amide bonds. The molecule has 0 N–H and O–H groups in total. The van der Waals surface area contributed by atoms with Crippen LogP contribution >= 0.6 is 0 Å². The van der Waals surface area contributed by atoms with E-state index < -0.39 is 0 Å². The maximum absolute atomic E-state index is 11.7. The number of hydrogen-bond acceptors (Lipinski definition) is 4. The van der Waals surface area contributed by atoms with Gasteiger partial charge in [0.1, 0.15) is 0 Å². The molecule has 0 aliphatic carbocycles. The molecule has 17 heavy (non-hydrogen) atoms. The van der Waals surface area contributed by atoms with Gasteiger partial charge in [-0.2, -0.15) is 5.10 Å². The van der Waals surface area contributed by atoms with E-state index >= 15 is 0 Å². The van der Waals surface area contributed by atoms with Crippen molar-refractivity contribution < 1.29 is 9.53 Å². The number of nitrogens with zero attached hydrogens (tertiary/aromatic N) is 3. The number of pyridine rings is 1. The van der Waals surface area contributed by atoms with Crippen molar-refractivity contribution in [1.82, 2.24) is 14.8 Å². The van der Waals surface area contributed by atoms with Gasteiger partial charge in [-0.15, -0.1) is 0 Å². The first-order chi connectivity index (χ1) is 8.04. The molecule has 2 rings (SSSR count). The molecule has 0 radical (unpaired) electrons. The Hall–Kier alpha value is -1.91.